The molecule has 0 aliphatic heterocycles. The second-order valence-electron chi connectivity index (χ2n) is 7.42. The highest BCUT2D eigenvalue weighted by Crippen LogP contribution is 2.42. The van der Waals surface area contributed by atoms with Crippen molar-refractivity contribution in [2.75, 3.05) is 6.54 Å². The molecule has 3 N–H and O–H groups in total. The molecule has 0 saturated carbocycles. The first kappa shape index (κ1) is 20.7. The number of nitrogens with zero attached hydrogens (tertiary/aromatic N) is 1. The monoisotopic (exact) mass is 431 g/mol. The van der Waals surface area contributed by atoms with E-state index in [0.29, 0.717) is 24.0 Å². The van der Waals surface area contributed by atoms with E-state index < -0.39 is 11.7 Å². The summed E-state index contributed by atoms with van der Waals surface area (Å²) in [6.07, 6.45) is -2.36. The zero-order chi connectivity index (χ0) is 21.5. The third kappa shape index (κ3) is 3.77. The Bertz CT molecular complexity index is 1230. The number of fused-ring (bicyclic) bond motifs is 2. The largest absolute Gasteiger partial charge is 0.418 e. The summed E-state index contributed by atoms with van der Waals surface area (Å²) in [4.78, 5) is 7.64. The summed E-state index contributed by atoms with van der Waals surface area (Å²) in [6.45, 7) is 2.44. The SMILES string of the molecule is Cc1ccc2c(-c3[nH]c4c(C(F)(F)F)cc(Cl)cc4c3CCCCN)cccc2n1. The third-order valence-corrected chi connectivity index (χ3v) is 5.52. The molecule has 2 aromatic carbocycles. The van der Waals surface area contributed by atoms with E-state index in [9.17, 15) is 13.2 Å². The van der Waals surface area contributed by atoms with Crippen molar-refractivity contribution in [1.29, 1.82) is 0 Å². The van der Waals surface area contributed by atoms with Crippen LogP contribution in [0.1, 0.15) is 29.7 Å². The molecular formula is C23H21ClF3N3. The van der Waals surface area contributed by atoms with Crippen molar-refractivity contribution >= 4 is 33.4 Å². The van der Waals surface area contributed by atoms with Gasteiger partial charge < -0.3 is 10.7 Å². The van der Waals surface area contributed by atoms with Crippen molar-refractivity contribution in [1.82, 2.24) is 9.97 Å². The number of aromatic amines is 1. The van der Waals surface area contributed by atoms with E-state index in [4.69, 9.17) is 17.3 Å². The molecule has 0 aliphatic rings. The minimum atomic E-state index is -4.52. The van der Waals surface area contributed by atoms with Crippen LogP contribution in [0.25, 0.3) is 33.1 Å². The molecule has 156 valence electrons. The summed E-state index contributed by atoms with van der Waals surface area (Å²) in [7, 11) is 0. The highest BCUT2D eigenvalue weighted by atomic mass is 35.5. The van der Waals surface area contributed by atoms with Gasteiger partial charge in [0.05, 0.1) is 22.3 Å². The molecule has 0 fully saturated rings. The van der Waals surface area contributed by atoms with Crippen LogP contribution < -0.4 is 5.73 Å². The number of pyridine rings is 1. The fourth-order valence-electron chi connectivity index (χ4n) is 3.95. The summed E-state index contributed by atoms with van der Waals surface area (Å²) in [6, 6.07) is 12.1. The van der Waals surface area contributed by atoms with E-state index in [0.717, 1.165) is 46.6 Å². The lowest BCUT2D eigenvalue weighted by molar-refractivity contribution is -0.136. The summed E-state index contributed by atoms with van der Waals surface area (Å²) >= 11 is 6.09. The molecule has 3 nitrogen and oxygen atoms in total. The van der Waals surface area contributed by atoms with Gasteiger partial charge in [0.25, 0.3) is 0 Å². The van der Waals surface area contributed by atoms with Gasteiger partial charge in [0, 0.05) is 27.1 Å². The topological polar surface area (TPSA) is 54.7 Å². The maximum atomic E-state index is 13.7. The Morgan fingerprint density at radius 3 is 2.60 bits per heavy atom. The second kappa shape index (κ2) is 7.93. The van der Waals surface area contributed by atoms with Gasteiger partial charge in [-0.1, -0.05) is 29.8 Å². The van der Waals surface area contributed by atoms with Crippen LogP contribution in [0.3, 0.4) is 0 Å². The number of halogens is 4. The van der Waals surface area contributed by atoms with Gasteiger partial charge in [-0.25, -0.2) is 0 Å². The van der Waals surface area contributed by atoms with E-state index in [1.807, 2.05) is 37.3 Å². The Morgan fingerprint density at radius 2 is 1.87 bits per heavy atom. The molecule has 0 amide bonds. The molecule has 0 radical (unpaired) electrons. The number of benzene rings is 2. The number of rotatable bonds is 5. The summed E-state index contributed by atoms with van der Waals surface area (Å²) in [5.41, 5.74) is 8.93. The standard InChI is InChI=1S/C23H21ClF3N3/c1-13-8-9-15-16(6-4-7-20(15)29-13)21-17(5-2-3-10-28)18-11-14(24)12-19(22(18)30-21)23(25,26)27/h4,6-9,11-12,30H,2-3,5,10,28H2,1H3. The minimum absolute atomic E-state index is 0.0572. The van der Waals surface area contributed by atoms with Gasteiger partial charge >= 0.3 is 6.18 Å². The van der Waals surface area contributed by atoms with Gasteiger partial charge in [-0.15, -0.1) is 0 Å². The highest BCUT2D eigenvalue weighted by Gasteiger charge is 2.34. The Labute approximate surface area is 177 Å². The minimum Gasteiger partial charge on any atom is -0.354 e. The normalized spacial score (nSPS) is 12.2. The molecular weight excluding hydrogens is 411 g/mol. The maximum absolute atomic E-state index is 13.7. The number of hydrogen-bond acceptors (Lipinski definition) is 2. The van der Waals surface area contributed by atoms with Crippen LogP contribution in [-0.2, 0) is 12.6 Å². The van der Waals surface area contributed by atoms with Gasteiger partial charge in [-0.2, -0.15) is 13.2 Å². The Kier molecular flexibility index (Phi) is 5.47. The van der Waals surface area contributed by atoms with Gasteiger partial charge in [-0.05, 0) is 62.6 Å². The first-order valence-electron chi connectivity index (χ1n) is 9.77. The number of alkyl halides is 3. The van der Waals surface area contributed by atoms with Crippen LogP contribution in [0.15, 0.2) is 42.5 Å². The van der Waals surface area contributed by atoms with Crippen molar-refractivity contribution in [3.05, 3.63) is 64.3 Å². The first-order valence-corrected chi connectivity index (χ1v) is 10.2. The molecule has 30 heavy (non-hydrogen) atoms. The smallest absolute Gasteiger partial charge is 0.354 e. The van der Waals surface area contributed by atoms with Crippen molar-refractivity contribution < 1.29 is 13.2 Å². The molecule has 7 heteroatoms. The molecule has 0 aliphatic carbocycles. The highest BCUT2D eigenvalue weighted by molar-refractivity contribution is 6.31. The predicted molar refractivity (Wildman–Crippen MR) is 116 cm³/mol. The molecule has 0 atom stereocenters. The third-order valence-electron chi connectivity index (χ3n) is 5.31. The summed E-state index contributed by atoms with van der Waals surface area (Å²) < 4.78 is 41.2. The second-order valence-corrected chi connectivity index (χ2v) is 7.86. The maximum Gasteiger partial charge on any atom is 0.418 e. The average molecular weight is 432 g/mol. The van der Waals surface area contributed by atoms with E-state index in [1.54, 1.807) is 6.07 Å². The van der Waals surface area contributed by atoms with Crippen LogP contribution >= 0.6 is 11.6 Å². The number of nitrogens with one attached hydrogen (secondary N) is 1. The lowest BCUT2D eigenvalue weighted by Crippen LogP contribution is -2.05. The van der Waals surface area contributed by atoms with Gasteiger partial charge in [0.15, 0.2) is 0 Å². The lowest BCUT2D eigenvalue weighted by Gasteiger charge is -2.09. The fraction of sp³-hybridized carbons (Fsp3) is 0.261. The number of nitrogens with two attached hydrogens (primary N) is 1. The Hall–Kier alpha value is -2.57. The number of aryl methyl sites for hydroxylation is 2. The van der Waals surface area contributed by atoms with E-state index in [-0.39, 0.29) is 10.5 Å². The fourth-order valence-corrected chi connectivity index (χ4v) is 4.17. The lowest BCUT2D eigenvalue weighted by atomic mass is 9.97. The molecule has 0 spiro atoms. The van der Waals surface area contributed by atoms with Crippen LogP contribution in [0, 0.1) is 6.92 Å². The van der Waals surface area contributed by atoms with Gasteiger partial charge in [-0.3, -0.25) is 4.98 Å². The molecule has 0 bridgehead atoms. The molecule has 0 unspecified atom stereocenters. The van der Waals surface area contributed by atoms with E-state index in [1.165, 1.54) is 0 Å². The zero-order valence-electron chi connectivity index (χ0n) is 16.4. The quantitative estimate of drug-likeness (QED) is 0.348. The average Bonchev–Trinajstić information content (AvgIpc) is 3.04. The van der Waals surface area contributed by atoms with E-state index in [2.05, 4.69) is 9.97 Å². The van der Waals surface area contributed by atoms with Crippen LogP contribution in [-0.4, -0.2) is 16.5 Å². The first-order chi connectivity index (χ1) is 14.3. The molecule has 4 aromatic rings. The predicted octanol–water partition coefficient (Wildman–Crippen LogP) is 6.65. The number of unbranched alkanes of at least 4 members (excludes halogenated alkanes) is 1. The number of hydrogen-bond donors (Lipinski definition) is 2. The Balaban J connectivity index is 2.03. The summed E-state index contributed by atoms with van der Waals surface area (Å²) in [5, 5.41) is 1.45. The van der Waals surface area contributed by atoms with Gasteiger partial charge in [0.1, 0.15) is 0 Å². The van der Waals surface area contributed by atoms with Crippen molar-refractivity contribution in [3.63, 3.8) is 0 Å². The van der Waals surface area contributed by atoms with Crippen LogP contribution in [0.2, 0.25) is 5.02 Å². The number of aromatic nitrogens is 2. The van der Waals surface area contributed by atoms with Crippen molar-refractivity contribution in [2.24, 2.45) is 5.73 Å². The molecule has 2 heterocycles. The van der Waals surface area contributed by atoms with Gasteiger partial charge in [0.2, 0.25) is 0 Å². The zero-order valence-corrected chi connectivity index (χ0v) is 17.2. The van der Waals surface area contributed by atoms with Crippen LogP contribution in [0.4, 0.5) is 13.2 Å². The molecule has 0 saturated heterocycles. The van der Waals surface area contributed by atoms with Crippen molar-refractivity contribution in [2.45, 2.75) is 32.4 Å². The molecule has 4 rings (SSSR count). The van der Waals surface area contributed by atoms with E-state index >= 15 is 0 Å². The Morgan fingerprint density at radius 1 is 1.07 bits per heavy atom. The van der Waals surface area contributed by atoms with Crippen LogP contribution in [0.5, 0.6) is 0 Å². The summed E-state index contributed by atoms with van der Waals surface area (Å²) in [5.74, 6) is 0. The van der Waals surface area contributed by atoms with Crippen molar-refractivity contribution in [3.8, 4) is 11.3 Å². The number of H-pyrrole nitrogens is 1. The molecule has 2 aromatic heterocycles.